The molecule has 0 saturated heterocycles. The lowest BCUT2D eigenvalue weighted by molar-refractivity contribution is -0.140. The Labute approximate surface area is 106 Å². The van der Waals surface area contributed by atoms with E-state index in [0.29, 0.717) is 0 Å². The Bertz CT molecular complexity index is 432. The number of carbonyl (C=O) groups excluding carboxylic acids is 1. The van der Waals surface area contributed by atoms with Crippen LogP contribution in [0.4, 0.5) is 0 Å². The van der Waals surface area contributed by atoms with Gasteiger partial charge in [-0.25, -0.2) is 9.78 Å². The van der Waals surface area contributed by atoms with Gasteiger partial charge in [0.15, 0.2) is 6.04 Å². The second kappa shape index (κ2) is 5.81. The first-order valence-corrected chi connectivity index (χ1v) is 5.17. The van der Waals surface area contributed by atoms with E-state index in [9.17, 15) is 9.59 Å². The Morgan fingerprint density at radius 3 is 2.29 bits per heavy atom. The number of aliphatic hydroxyl groups is 1. The molecule has 1 rings (SSSR count). The third kappa shape index (κ3) is 3.85. The van der Waals surface area contributed by atoms with Crippen LogP contribution in [-0.2, 0) is 4.79 Å². The van der Waals surface area contributed by atoms with E-state index in [2.05, 4.69) is 10.3 Å². The molecule has 6 nitrogen and oxygen atoms in total. The zero-order valence-electron chi connectivity index (χ0n) is 8.35. The first kappa shape index (κ1) is 13.7. The highest BCUT2D eigenvalue weighted by Crippen LogP contribution is 2.14. The van der Waals surface area contributed by atoms with Crippen LogP contribution in [0.5, 0.6) is 0 Å². The Kier molecular flexibility index (Phi) is 4.68. The number of aliphatic hydroxyl groups excluding tert-OH is 1. The predicted octanol–water partition coefficient (Wildman–Crippen LogP) is 0.564. The van der Waals surface area contributed by atoms with Crippen LogP contribution in [0, 0.1) is 0 Å². The molecule has 1 unspecified atom stereocenters. The van der Waals surface area contributed by atoms with Crippen LogP contribution < -0.4 is 5.32 Å². The average molecular weight is 279 g/mol. The van der Waals surface area contributed by atoms with Crippen molar-refractivity contribution in [3.63, 3.8) is 0 Å². The summed E-state index contributed by atoms with van der Waals surface area (Å²) in [6.07, 6.45) is 0. The van der Waals surface area contributed by atoms with Crippen molar-refractivity contribution in [1.29, 1.82) is 0 Å². The molecular weight excluding hydrogens is 271 g/mol. The molecule has 0 aromatic carbocycles. The van der Waals surface area contributed by atoms with E-state index in [4.69, 9.17) is 33.4 Å². The quantitative estimate of drug-likeness (QED) is 0.699. The van der Waals surface area contributed by atoms with Gasteiger partial charge in [-0.05, 0) is 12.1 Å². The molecule has 0 fully saturated rings. The van der Waals surface area contributed by atoms with Gasteiger partial charge in [-0.2, -0.15) is 0 Å². The lowest BCUT2D eigenvalue weighted by atomic mass is 10.2. The second-order valence-electron chi connectivity index (χ2n) is 3.05. The summed E-state index contributed by atoms with van der Waals surface area (Å²) in [5, 5.41) is 19.5. The molecule has 17 heavy (non-hydrogen) atoms. The molecule has 1 heterocycles. The molecule has 92 valence electrons. The Hall–Kier alpha value is -1.37. The van der Waals surface area contributed by atoms with Crippen LogP contribution in [-0.4, -0.2) is 39.7 Å². The highest BCUT2D eigenvalue weighted by Gasteiger charge is 2.20. The minimum Gasteiger partial charge on any atom is -0.480 e. The van der Waals surface area contributed by atoms with Crippen molar-refractivity contribution in [1.82, 2.24) is 10.3 Å². The Balaban J connectivity index is 2.86. The van der Waals surface area contributed by atoms with Crippen molar-refractivity contribution in [2.75, 3.05) is 6.61 Å². The monoisotopic (exact) mass is 278 g/mol. The summed E-state index contributed by atoms with van der Waals surface area (Å²) in [5.74, 6) is -2.05. The number of aliphatic carboxylic acids is 1. The molecular formula is C9H8Cl2N2O4. The minimum absolute atomic E-state index is 0.0125. The Morgan fingerprint density at radius 2 is 1.88 bits per heavy atom. The van der Waals surface area contributed by atoms with E-state index in [1.54, 1.807) is 0 Å². The number of carboxylic acids is 1. The number of hydrogen-bond donors (Lipinski definition) is 3. The van der Waals surface area contributed by atoms with E-state index >= 15 is 0 Å². The van der Waals surface area contributed by atoms with Gasteiger partial charge in [0.05, 0.1) is 6.61 Å². The van der Waals surface area contributed by atoms with Crippen LogP contribution in [0.3, 0.4) is 0 Å². The normalized spacial score (nSPS) is 11.9. The molecule has 1 atom stereocenters. The van der Waals surface area contributed by atoms with Crippen LogP contribution in [0.15, 0.2) is 12.1 Å². The number of halogens is 2. The van der Waals surface area contributed by atoms with Gasteiger partial charge in [0.2, 0.25) is 0 Å². The molecule has 0 radical (unpaired) electrons. The van der Waals surface area contributed by atoms with Gasteiger partial charge < -0.3 is 15.5 Å². The van der Waals surface area contributed by atoms with E-state index in [-0.39, 0.29) is 15.9 Å². The number of nitrogens with one attached hydrogen (secondary N) is 1. The SMILES string of the molecule is O=C(NC(CO)C(=O)O)c1cc(Cl)nc(Cl)c1. The maximum atomic E-state index is 11.6. The topological polar surface area (TPSA) is 99.5 Å². The molecule has 0 aliphatic heterocycles. The van der Waals surface area contributed by atoms with Crippen molar-refractivity contribution in [2.45, 2.75) is 6.04 Å². The van der Waals surface area contributed by atoms with E-state index in [1.165, 1.54) is 12.1 Å². The van der Waals surface area contributed by atoms with Crippen LogP contribution in [0.25, 0.3) is 0 Å². The number of pyridine rings is 1. The minimum atomic E-state index is -1.38. The number of rotatable bonds is 4. The van der Waals surface area contributed by atoms with Gasteiger partial charge in [0.25, 0.3) is 5.91 Å². The fraction of sp³-hybridized carbons (Fsp3) is 0.222. The molecule has 3 N–H and O–H groups in total. The fourth-order valence-electron chi connectivity index (χ4n) is 1.02. The fourth-order valence-corrected chi connectivity index (χ4v) is 1.48. The highest BCUT2D eigenvalue weighted by atomic mass is 35.5. The van der Waals surface area contributed by atoms with Gasteiger partial charge in [-0.3, -0.25) is 4.79 Å². The predicted molar refractivity (Wildman–Crippen MR) is 60.2 cm³/mol. The standard InChI is InChI=1S/C9H8Cl2N2O4/c10-6-1-4(2-7(11)13-6)8(15)12-5(3-14)9(16)17/h1-2,5,14H,3H2,(H,12,15)(H,16,17). The molecule has 1 aromatic rings. The molecule has 0 aliphatic carbocycles. The average Bonchev–Trinajstić information content (AvgIpc) is 2.23. The zero-order valence-corrected chi connectivity index (χ0v) is 9.87. The first-order valence-electron chi connectivity index (χ1n) is 4.41. The summed E-state index contributed by atoms with van der Waals surface area (Å²) in [5.41, 5.74) is 0.0645. The number of aromatic nitrogens is 1. The van der Waals surface area contributed by atoms with Crippen molar-refractivity contribution in [3.05, 3.63) is 28.0 Å². The molecule has 0 bridgehead atoms. The lowest BCUT2D eigenvalue weighted by Gasteiger charge is -2.11. The molecule has 0 saturated carbocycles. The van der Waals surface area contributed by atoms with E-state index in [1.807, 2.05) is 0 Å². The summed E-state index contributed by atoms with van der Waals surface area (Å²) >= 11 is 11.2. The van der Waals surface area contributed by atoms with Gasteiger partial charge in [0.1, 0.15) is 10.3 Å². The van der Waals surface area contributed by atoms with Crippen molar-refractivity contribution in [3.8, 4) is 0 Å². The van der Waals surface area contributed by atoms with Gasteiger partial charge in [-0.1, -0.05) is 23.2 Å². The van der Waals surface area contributed by atoms with Crippen molar-refractivity contribution in [2.24, 2.45) is 0 Å². The van der Waals surface area contributed by atoms with Crippen LogP contribution in [0.2, 0.25) is 10.3 Å². The summed E-state index contributed by atoms with van der Waals surface area (Å²) in [6.45, 7) is -0.715. The highest BCUT2D eigenvalue weighted by molar-refractivity contribution is 6.33. The number of nitrogens with zero attached hydrogens (tertiary/aromatic N) is 1. The second-order valence-corrected chi connectivity index (χ2v) is 3.82. The molecule has 1 amide bonds. The molecule has 0 aliphatic rings. The number of carboxylic acid groups (broad SMARTS) is 1. The maximum absolute atomic E-state index is 11.6. The molecule has 0 spiro atoms. The summed E-state index contributed by atoms with van der Waals surface area (Å²) in [7, 11) is 0. The van der Waals surface area contributed by atoms with E-state index in [0.717, 1.165) is 0 Å². The summed E-state index contributed by atoms with van der Waals surface area (Å²) in [6, 6.07) is 1.09. The smallest absolute Gasteiger partial charge is 0.328 e. The first-order chi connectivity index (χ1) is 7.93. The largest absolute Gasteiger partial charge is 0.480 e. The molecule has 1 aromatic heterocycles. The zero-order chi connectivity index (χ0) is 13.0. The van der Waals surface area contributed by atoms with Crippen molar-refractivity contribution >= 4 is 35.1 Å². The lowest BCUT2D eigenvalue weighted by Crippen LogP contribution is -2.43. The van der Waals surface area contributed by atoms with E-state index < -0.39 is 24.5 Å². The van der Waals surface area contributed by atoms with Gasteiger partial charge >= 0.3 is 5.97 Å². The van der Waals surface area contributed by atoms with Gasteiger partial charge in [0, 0.05) is 5.56 Å². The van der Waals surface area contributed by atoms with Gasteiger partial charge in [-0.15, -0.1) is 0 Å². The number of amides is 1. The maximum Gasteiger partial charge on any atom is 0.328 e. The third-order valence-electron chi connectivity index (χ3n) is 1.81. The summed E-state index contributed by atoms with van der Waals surface area (Å²) in [4.78, 5) is 25.8. The summed E-state index contributed by atoms with van der Waals surface area (Å²) < 4.78 is 0. The third-order valence-corrected chi connectivity index (χ3v) is 2.20. The number of carbonyl (C=O) groups is 2. The van der Waals surface area contributed by atoms with Crippen LogP contribution in [0.1, 0.15) is 10.4 Å². The Morgan fingerprint density at radius 1 is 1.35 bits per heavy atom. The van der Waals surface area contributed by atoms with Crippen molar-refractivity contribution < 1.29 is 19.8 Å². The molecule has 8 heteroatoms. The van der Waals surface area contributed by atoms with Crippen LogP contribution >= 0.6 is 23.2 Å². The number of hydrogen-bond acceptors (Lipinski definition) is 4.